The molecule has 1 aliphatic heterocycles. The lowest BCUT2D eigenvalue weighted by atomic mass is 10.0. The van der Waals surface area contributed by atoms with Gasteiger partial charge in [0.25, 0.3) is 5.19 Å². The fraction of sp³-hybridized carbons (Fsp3) is 0.250. The van der Waals surface area contributed by atoms with Crippen molar-refractivity contribution in [3.63, 3.8) is 0 Å². The number of sulfonamides is 1. The maximum absolute atomic E-state index is 12.9. The summed E-state index contributed by atoms with van der Waals surface area (Å²) in [5.41, 5.74) is 3.27. The fourth-order valence-electron chi connectivity index (χ4n) is 3.14. The SMILES string of the molecule is Cc1ccc(-c2ccc(S(=O)(=O)N3CCC(Oc4nccs4)C3)cc2)cc1. The van der Waals surface area contributed by atoms with Gasteiger partial charge < -0.3 is 4.74 Å². The van der Waals surface area contributed by atoms with Gasteiger partial charge in [0.05, 0.1) is 11.4 Å². The number of hydrogen-bond acceptors (Lipinski definition) is 5. The third-order valence-electron chi connectivity index (χ3n) is 4.66. The van der Waals surface area contributed by atoms with Crippen molar-refractivity contribution in [3.8, 4) is 16.3 Å². The van der Waals surface area contributed by atoms with Gasteiger partial charge in [0, 0.05) is 18.1 Å². The van der Waals surface area contributed by atoms with Crippen LogP contribution >= 0.6 is 11.3 Å². The molecule has 0 amide bonds. The molecule has 1 fully saturated rings. The van der Waals surface area contributed by atoms with Gasteiger partial charge in [-0.1, -0.05) is 53.3 Å². The van der Waals surface area contributed by atoms with Gasteiger partial charge in [-0.15, -0.1) is 0 Å². The van der Waals surface area contributed by atoms with Crippen LogP contribution in [0.1, 0.15) is 12.0 Å². The van der Waals surface area contributed by atoms with E-state index in [0.717, 1.165) is 11.1 Å². The van der Waals surface area contributed by atoms with E-state index in [1.807, 2.05) is 48.7 Å². The summed E-state index contributed by atoms with van der Waals surface area (Å²) < 4.78 is 33.1. The zero-order chi connectivity index (χ0) is 18.9. The molecular formula is C20H20N2O3S2. The first-order valence-corrected chi connectivity index (χ1v) is 11.1. The second-order valence-electron chi connectivity index (χ2n) is 6.58. The molecule has 1 unspecified atom stereocenters. The Balaban J connectivity index is 1.48. The minimum atomic E-state index is -3.52. The molecular weight excluding hydrogens is 380 g/mol. The van der Waals surface area contributed by atoms with Crippen LogP contribution in [-0.2, 0) is 10.0 Å². The summed E-state index contributed by atoms with van der Waals surface area (Å²) >= 11 is 1.41. The molecule has 7 heteroatoms. The molecule has 27 heavy (non-hydrogen) atoms. The van der Waals surface area contributed by atoms with Gasteiger partial charge in [0.15, 0.2) is 0 Å². The molecule has 2 heterocycles. The van der Waals surface area contributed by atoms with Crippen LogP contribution in [0.2, 0.25) is 0 Å². The minimum absolute atomic E-state index is 0.155. The molecule has 2 aromatic carbocycles. The van der Waals surface area contributed by atoms with Crippen LogP contribution < -0.4 is 4.74 Å². The molecule has 0 saturated carbocycles. The lowest BCUT2D eigenvalue weighted by molar-refractivity contribution is 0.214. The lowest BCUT2D eigenvalue weighted by Gasteiger charge is -2.17. The van der Waals surface area contributed by atoms with Crippen LogP contribution in [0.15, 0.2) is 65.0 Å². The van der Waals surface area contributed by atoms with Crippen LogP contribution in [0.25, 0.3) is 11.1 Å². The molecule has 1 saturated heterocycles. The second-order valence-corrected chi connectivity index (χ2v) is 9.38. The first-order valence-electron chi connectivity index (χ1n) is 8.76. The number of hydrogen-bond donors (Lipinski definition) is 0. The van der Waals surface area contributed by atoms with E-state index in [9.17, 15) is 8.42 Å². The Morgan fingerprint density at radius 1 is 1.07 bits per heavy atom. The standard InChI is InChI=1S/C20H20N2O3S2/c1-15-2-4-16(5-3-15)17-6-8-19(9-7-17)27(23,24)22-12-10-18(14-22)25-20-21-11-13-26-20/h2-9,11,13,18H,10,12,14H2,1H3. The molecule has 0 radical (unpaired) electrons. The predicted molar refractivity (Wildman–Crippen MR) is 107 cm³/mol. The number of benzene rings is 2. The predicted octanol–water partition coefficient (Wildman–Crippen LogP) is 3.96. The average molecular weight is 401 g/mol. The molecule has 0 N–H and O–H groups in total. The van der Waals surface area contributed by atoms with Crippen LogP contribution in [0.5, 0.6) is 5.19 Å². The number of rotatable bonds is 5. The van der Waals surface area contributed by atoms with E-state index in [4.69, 9.17) is 4.74 Å². The first kappa shape index (κ1) is 18.2. The Kier molecular flexibility index (Phi) is 4.99. The molecule has 140 valence electrons. The van der Waals surface area contributed by atoms with Crippen molar-refractivity contribution in [3.05, 3.63) is 65.7 Å². The highest BCUT2D eigenvalue weighted by atomic mass is 32.2. The van der Waals surface area contributed by atoms with Gasteiger partial charge >= 0.3 is 0 Å². The summed E-state index contributed by atoms with van der Waals surface area (Å²) in [6.45, 7) is 2.85. The highest BCUT2D eigenvalue weighted by molar-refractivity contribution is 7.89. The first-order chi connectivity index (χ1) is 13.0. The highest BCUT2D eigenvalue weighted by Crippen LogP contribution is 2.27. The van der Waals surface area contributed by atoms with Crippen LogP contribution in [0, 0.1) is 6.92 Å². The van der Waals surface area contributed by atoms with Gasteiger partial charge in [-0.25, -0.2) is 13.4 Å². The van der Waals surface area contributed by atoms with Crippen molar-refractivity contribution in [2.75, 3.05) is 13.1 Å². The summed E-state index contributed by atoms with van der Waals surface area (Å²) in [4.78, 5) is 4.41. The van der Waals surface area contributed by atoms with Crippen LogP contribution in [-0.4, -0.2) is 36.9 Å². The van der Waals surface area contributed by atoms with E-state index >= 15 is 0 Å². The molecule has 0 aliphatic carbocycles. The molecule has 1 aromatic heterocycles. The van der Waals surface area contributed by atoms with E-state index < -0.39 is 10.0 Å². The smallest absolute Gasteiger partial charge is 0.273 e. The van der Waals surface area contributed by atoms with E-state index in [2.05, 4.69) is 4.98 Å². The second kappa shape index (κ2) is 7.42. The molecule has 1 aliphatic rings. The maximum atomic E-state index is 12.9. The monoisotopic (exact) mass is 400 g/mol. The van der Waals surface area contributed by atoms with Gasteiger partial charge in [-0.3, -0.25) is 0 Å². The number of thiazole rings is 1. The van der Waals surface area contributed by atoms with Crippen molar-refractivity contribution in [1.29, 1.82) is 0 Å². The summed E-state index contributed by atoms with van der Waals surface area (Å²) in [5, 5.41) is 2.43. The Labute approximate surface area is 163 Å². The molecule has 4 rings (SSSR count). The van der Waals surface area contributed by atoms with Gasteiger partial charge in [0.1, 0.15) is 6.10 Å². The van der Waals surface area contributed by atoms with Crippen molar-refractivity contribution in [2.24, 2.45) is 0 Å². The van der Waals surface area contributed by atoms with E-state index in [1.54, 1.807) is 18.3 Å². The maximum Gasteiger partial charge on any atom is 0.273 e. The van der Waals surface area contributed by atoms with Crippen molar-refractivity contribution in [2.45, 2.75) is 24.3 Å². The number of aromatic nitrogens is 1. The molecule has 0 bridgehead atoms. The normalized spacial score (nSPS) is 17.9. The lowest BCUT2D eigenvalue weighted by Crippen LogP contribution is -2.31. The number of nitrogens with zero attached hydrogens (tertiary/aromatic N) is 2. The van der Waals surface area contributed by atoms with Crippen LogP contribution in [0.3, 0.4) is 0 Å². The third kappa shape index (κ3) is 3.90. The largest absolute Gasteiger partial charge is 0.465 e. The molecule has 5 nitrogen and oxygen atoms in total. The summed E-state index contributed by atoms with van der Waals surface area (Å²) in [5.74, 6) is 0. The van der Waals surface area contributed by atoms with Crippen LogP contribution in [0.4, 0.5) is 0 Å². The Hall–Kier alpha value is -2.22. The molecule has 1 atom stereocenters. The Bertz CT molecular complexity index is 998. The molecule has 3 aromatic rings. The Morgan fingerprint density at radius 2 is 1.74 bits per heavy atom. The number of aryl methyl sites for hydroxylation is 1. The van der Waals surface area contributed by atoms with E-state index in [0.29, 0.717) is 29.6 Å². The summed E-state index contributed by atoms with van der Waals surface area (Å²) in [7, 11) is -3.52. The van der Waals surface area contributed by atoms with Crippen molar-refractivity contribution >= 4 is 21.4 Å². The topological polar surface area (TPSA) is 59.5 Å². The highest BCUT2D eigenvalue weighted by Gasteiger charge is 2.33. The third-order valence-corrected chi connectivity index (χ3v) is 7.20. The Morgan fingerprint density at radius 3 is 2.37 bits per heavy atom. The number of ether oxygens (including phenoxy) is 1. The summed E-state index contributed by atoms with van der Waals surface area (Å²) in [6, 6.07) is 15.3. The quantitative estimate of drug-likeness (QED) is 0.650. The zero-order valence-electron chi connectivity index (χ0n) is 14.9. The minimum Gasteiger partial charge on any atom is -0.465 e. The summed E-state index contributed by atoms with van der Waals surface area (Å²) in [6.07, 6.45) is 2.19. The van der Waals surface area contributed by atoms with E-state index in [1.165, 1.54) is 21.2 Å². The van der Waals surface area contributed by atoms with E-state index in [-0.39, 0.29) is 6.10 Å². The van der Waals surface area contributed by atoms with Gasteiger partial charge in [-0.2, -0.15) is 4.31 Å². The van der Waals surface area contributed by atoms with Gasteiger partial charge in [0.2, 0.25) is 10.0 Å². The average Bonchev–Trinajstić information content (AvgIpc) is 3.35. The zero-order valence-corrected chi connectivity index (χ0v) is 16.5. The molecule has 0 spiro atoms. The fourth-order valence-corrected chi connectivity index (χ4v) is 5.18. The van der Waals surface area contributed by atoms with Crippen molar-refractivity contribution < 1.29 is 13.2 Å². The van der Waals surface area contributed by atoms with Crippen molar-refractivity contribution in [1.82, 2.24) is 9.29 Å². The van der Waals surface area contributed by atoms with Gasteiger partial charge in [-0.05, 0) is 36.6 Å².